The van der Waals surface area contributed by atoms with Gasteiger partial charge in [0.2, 0.25) is 0 Å². The highest BCUT2D eigenvalue weighted by Gasteiger charge is 2.44. The lowest BCUT2D eigenvalue weighted by molar-refractivity contribution is -0.122. The molecule has 4 heterocycles. The Morgan fingerprint density at radius 3 is 2.25 bits per heavy atom. The molecule has 2 aromatic heterocycles. The largest absolute Gasteiger partial charge is 0.483 e. The lowest BCUT2D eigenvalue weighted by atomic mass is 10.0. The number of carbonyl (C=O) groups is 3. The number of rotatable bonds is 2. The number of hydrogen-bond donors (Lipinski definition) is 2. The average Bonchev–Trinajstić information content (AvgIpc) is 3.36. The highest BCUT2D eigenvalue weighted by molar-refractivity contribution is 5.95. The summed E-state index contributed by atoms with van der Waals surface area (Å²) >= 11 is 0. The van der Waals surface area contributed by atoms with E-state index in [-0.39, 0.29) is 35.7 Å². The predicted octanol–water partition coefficient (Wildman–Crippen LogP) is 0.192. The summed E-state index contributed by atoms with van der Waals surface area (Å²) in [5.74, 6) is -0.670. The van der Waals surface area contributed by atoms with E-state index in [4.69, 9.17) is 9.90 Å². The third-order valence-electron chi connectivity index (χ3n) is 4.99. The molecular weight excluding hydrogens is 371 g/mol. The zero-order valence-electron chi connectivity index (χ0n) is 15.1. The van der Waals surface area contributed by atoms with Crippen LogP contribution in [0, 0.1) is 24.6 Å². The van der Waals surface area contributed by atoms with Gasteiger partial charge in [-0.15, -0.1) is 0 Å². The number of carbonyl (C=O) groups excluding carboxylic acids is 2. The summed E-state index contributed by atoms with van der Waals surface area (Å²) in [4.78, 5) is 40.5. The van der Waals surface area contributed by atoms with Crippen LogP contribution in [0.4, 0.5) is 4.39 Å². The van der Waals surface area contributed by atoms with E-state index in [1.54, 1.807) is 16.7 Å². The number of aromatic amines is 1. The second-order valence-electron chi connectivity index (χ2n) is 6.66. The van der Waals surface area contributed by atoms with Crippen molar-refractivity contribution in [1.82, 2.24) is 30.2 Å². The first-order valence-electron chi connectivity index (χ1n) is 8.59. The first-order chi connectivity index (χ1) is 13.5. The van der Waals surface area contributed by atoms with Gasteiger partial charge in [0.25, 0.3) is 18.3 Å². The number of hydrogen-bond acceptors (Lipinski definition) is 6. The predicted molar refractivity (Wildman–Crippen MR) is 92.8 cm³/mol. The van der Waals surface area contributed by atoms with Gasteiger partial charge >= 0.3 is 0 Å². The maximum Gasteiger partial charge on any atom is 0.290 e. The SMILES string of the molecule is Cc1n[nH]nc1C(=O)N1CC2CN(C(=O)c3ccncc3F)CC2C1.O=CO. The Balaban J connectivity index is 0.000000706. The van der Waals surface area contributed by atoms with Gasteiger partial charge in [-0.05, 0) is 13.0 Å². The molecule has 4 rings (SSSR count). The van der Waals surface area contributed by atoms with E-state index < -0.39 is 5.82 Å². The summed E-state index contributed by atoms with van der Waals surface area (Å²) in [5.41, 5.74) is 0.958. The summed E-state index contributed by atoms with van der Waals surface area (Å²) in [6.45, 7) is 3.66. The quantitative estimate of drug-likeness (QED) is 0.700. The number of aromatic nitrogens is 4. The van der Waals surface area contributed by atoms with Gasteiger partial charge in [-0.1, -0.05) is 0 Å². The van der Waals surface area contributed by atoms with Crippen molar-refractivity contribution in [3.05, 3.63) is 41.2 Å². The fourth-order valence-corrected chi connectivity index (χ4v) is 3.68. The highest BCUT2D eigenvalue weighted by atomic mass is 19.1. The number of pyridine rings is 1. The van der Waals surface area contributed by atoms with Crippen LogP contribution >= 0.6 is 0 Å². The lowest BCUT2D eigenvalue weighted by Crippen LogP contribution is -2.36. The van der Waals surface area contributed by atoms with Crippen molar-refractivity contribution < 1.29 is 23.9 Å². The minimum absolute atomic E-state index is 0.0427. The Hall–Kier alpha value is -3.37. The standard InChI is InChI=1S/C16H17FN6O2.CH2O2/c1-9-14(20-21-19-9)16(25)23-7-10-5-22(6-11(10)8-23)15(24)12-2-3-18-4-13(12)17;2-1-3/h2-4,10-11H,5-8H2,1H3,(H,19,20,21);1H,(H,2,3). The zero-order chi connectivity index (χ0) is 20.3. The molecule has 2 aliphatic heterocycles. The van der Waals surface area contributed by atoms with Gasteiger partial charge in [-0.2, -0.15) is 15.4 Å². The molecule has 2 N–H and O–H groups in total. The Bertz CT molecular complexity index is 874. The normalized spacial score (nSPS) is 20.4. The molecule has 0 aliphatic carbocycles. The molecule has 2 fully saturated rings. The first-order valence-corrected chi connectivity index (χ1v) is 8.59. The molecule has 2 amide bonds. The number of H-pyrrole nitrogens is 1. The highest BCUT2D eigenvalue weighted by Crippen LogP contribution is 2.32. The molecule has 28 heavy (non-hydrogen) atoms. The van der Waals surface area contributed by atoms with Crippen molar-refractivity contribution in [2.24, 2.45) is 11.8 Å². The fraction of sp³-hybridized carbons (Fsp3) is 0.412. The first kappa shape index (κ1) is 19.4. The summed E-state index contributed by atoms with van der Waals surface area (Å²) in [5, 5.41) is 17.1. The van der Waals surface area contributed by atoms with Crippen LogP contribution in [-0.2, 0) is 4.79 Å². The van der Waals surface area contributed by atoms with Crippen LogP contribution < -0.4 is 0 Å². The number of fused-ring (bicyclic) bond motifs is 1. The van der Waals surface area contributed by atoms with Crippen molar-refractivity contribution in [2.45, 2.75) is 6.92 Å². The van der Waals surface area contributed by atoms with Gasteiger partial charge in [0.05, 0.1) is 17.5 Å². The van der Waals surface area contributed by atoms with Crippen LogP contribution in [0.15, 0.2) is 18.5 Å². The van der Waals surface area contributed by atoms with E-state index in [2.05, 4.69) is 20.4 Å². The summed E-state index contributed by atoms with van der Waals surface area (Å²) in [6, 6.07) is 1.40. The van der Waals surface area contributed by atoms with Crippen molar-refractivity contribution in [3.63, 3.8) is 0 Å². The van der Waals surface area contributed by atoms with Gasteiger partial charge < -0.3 is 14.9 Å². The van der Waals surface area contributed by atoms with Crippen molar-refractivity contribution in [2.75, 3.05) is 26.2 Å². The Morgan fingerprint density at radius 2 is 1.75 bits per heavy atom. The van der Waals surface area contributed by atoms with Crippen LogP contribution in [0.3, 0.4) is 0 Å². The number of amides is 2. The van der Waals surface area contributed by atoms with E-state index >= 15 is 0 Å². The monoisotopic (exact) mass is 390 g/mol. The second-order valence-corrected chi connectivity index (χ2v) is 6.66. The van der Waals surface area contributed by atoms with Crippen LogP contribution in [0.25, 0.3) is 0 Å². The molecule has 0 spiro atoms. The third kappa shape index (κ3) is 3.68. The molecule has 0 bridgehead atoms. The minimum atomic E-state index is -0.608. The molecular formula is C17H19FN6O4. The van der Waals surface area contributed by atoms with E-state index in [0.717, 1.165) is 6.20 Å². The van der Waals surface area contributed by atoms with E-state index in [0.29, 0.717) is 37.6 Å². The Labute approximate surface area is 159 Å². The number of carboxylic acid groups (broad SMARTS) is 1. The van der Waals surface area contributed by atoms with Crippen LogP contribution in [0.2, 0.25) is 0 Å². The molecule has 2 atom stereocenters. The van der Waals surface area contributed by atoms with E-state index in [1.165, 1.54) is 12.3 Å². The van der Waals surface area contributed by atoms with Gasteiger partial charge in [-0.25, -0.2) is 4.39 Å². The van der Waals surface area contributed by atoms with Gasteiger partial charge in [0, 0.05) is 44.2 Å². The number of nitrogens with zero attached hydrogens (tertiary/aromatic N) is 5. The topological polar surface area (TPSA) is 132 Å². The Kier molecular flexibility index (Phi) is 5.62. The molecule has 10 nitrogen and oxygen atoms in total. The molecule has 2 aromatic rings. The Morgan fingerprint density at radius 1 is 1.18 bits per heavy atom. The summed E-state index contributed by atoms with van der Waals surface area (Å²) in [6.07, 6.45) is 2.46. The molecule has 2 aliphatic rings. The van der Waals surface area contributed by atoms with Crippen LogP contribution in [0.1, 0.15) is 26.5 Å². The second kappa shape index (κ2) is 8.11. The molecule has 2 unspecified atom stereocenters. The van der Waals surface area contributed by atoms with Gasteiger partial charge in [0.15, 0.2) is 11.5 Å². The molecule has 148 valence electrons. The number of halogens is 1. The summed E-state index contributed by atoms with van der Waals surface area (Å²) < 4.78 is 13.8. The minimum Gasteiger partial charge on any atom is -0.483 e. The average molecular weight is 390 g/mol. The van der Waals surface area contributed by atoms with Crippen molar-refractivity contribution in [1.29, 1.82) is 0 Å². The van der Waals surface area contributed by atoms with Crippen LogP contribution in [-0.4, -0.2) is 79.8 Å². The van der Waals surface area contributed by atoms with Crippen LogP contribution in [0.5, 0.6) is 0 Å². The lowest BCUT2D eigenvalue weighted by Gasteiger charge is -2.21. The molecule has 0 aromatic carbocycles. The van der Waals surface area contributed by atoms with Crippen molar-refractivity contribution >= 4 is 18.3 Å². The third-order valence-corrected chi connectivity index (χ3v) is 4.99. The van der Waals surface area contributed by atoms with Gasteiger partial charge in [0.1, 0.15) is 0 Å². The van der Waals surface area contributed by atoms with E-state index in [1.807, 2.05) is 0 Å². The summed E-state index contributed by atoms with van der Waals surface area (Å²) in [7, 11) is 0. The fourth-order valence-electron chi connectivity index (χ4n) is 3.68. The number of likely N-dealkylation sites (tertiary alicyclic amines) is 2. The maximum atomic E-state index is 13.8. The molecule has 2 saturated heterocycles. The smallest absolute Gasteiger partial charge is 0.290 e. The molecule has 0 saturated carbocycles. The zero-order valence-corrected chi connectivity index (χ0v) is 15.1. The molecule has 11 heteroatoms. The van der Waals surface area contributed by atoms with Crippen molar-refractivity contribution in [3.8, 4) is 0 Å². The number of nitrogens with one attached hydrogen (secondary N) is 1. The van der Waals surface area contributed by atoms with Gasteiger partial charge in [-0.3, -0.25) is 19.4 Å². The van der Waals surface area contributed by atoms with E-state index in [9.17, 15) is 14.0 Å². The maximum absolute atomic E-state index is 13.8. The molecule has 0 radical (unpaired) electrons. The number of aryl methyl sites for hydroxylation is 1.